The summed E-state index contributed by atoms with van der Waals surface area (Å²) in [7, 11) is 1.29. The maximum atomic E-state index is 12.7. The van der Waals surface area contributed by atoms with Crippen molar-refractivity contribution in [2.75, 3.05) is 38.4 Å². The number of carboxylic acid groups (broad SMARTS) is 1. The van der Waals surface area contributed by atoms with E-state index in [1.165, 1.54) is 35.5 Å². The Balaban J connectivity index is 0.00000289. The smallest absolute Gasteiger partial charge is 0.549 e. The normalized spacial score (nSPS) is 29.5. The number of ether oxygens (including phenoxy) is 1. The molecule has 4 atom stereocenters. The van der Waals surface area contributed by atoms with Gasteiger partial charge >= 0.3 is 29.6 Å². The topological polar surface area (TPSA) is 159 Å². The molecule has 4 rings (SSSR count). The van der Waals surface area contributed by atoms with E-state index in [1.54, 1.807) is 5.38 Å². The molecule has 3 saturated heterocycles. The van der Waals surface area contributed by atoms with Crippen molar-refractivity contribution in [2.24, 2.45) is 5.16 Å². The number of thioether (sulfide) groups is 2. The van der Waals surface area contributed by atoms with Gasteiger partial charge in [-0.15, -0.1) is 34.9 Å². The van der Waals surface area contributed by atoms with Crippen LogP contribution in [0.2, 0.25) is 0 Å². The number of hydrogen-bond acceptors (Lipinski definition) is 12. The molecule has 0 spiro atoms. The first-order chi connectivity index (χ1) is 14.8. The van der Waals surface area contributed by atoms with Crippen LogP contribution in [0.15, 0.2) is 10.5 Å². The molecule has 3 unspecified atom stereocenters. The van der Waals surface area contributed by atoms with Gasteiger partial charge in [0.1, 0.15) is 24.2 Å². The second-order valence-electron chi connectivity index (χ2n) is 7.20. The molecule has 1 aromatic rings. The molecule has 2 amide bonds. The summed E-state index contributed by atoms with van der Waals surface area (Å²) in [5, 5.41) is 19.9. The molecule has 4 heterocycles. The van der Waals surface area contributed by atoms with Gasteiger partial charge in [0.25, 0.3) is 5.91 Å². The van der Waals surface area contributed by atoms with Crippen molar-refractivity contribution in [2.45, 2.75) is 27.8 Å². The number of fused-ring (bicyclic) bond motifs is 1. The van der Waals surface area contributed by atoms with Crippen molar-refractivity contribution >= 4 is 63.5 Å². The number of β-lactam (4-membered cyclic amide) rings is 1. The Hall–Kier alpha value is -1.03. The number of carbonyl (C=O) groups excluding carboxylic acids is 3. The van der Waals surface area contributed by atoms with Gasteiger partial charge in [0.05, 0.1) is 17.3 Å². The molecule has 0 radical (unpaired) electrons. The molecule has 3 fully saturated rings. The average Bonchev–Trinajstić information content (AvgIpc) is 3.41. The van der Waals surface area contributed by atoms with Gasteiger partial charge in [-0.25, -0.2) is 4.98 Å². The van der Waals surface area contributed by atoms with E-state index in [9.17, 15) is 19.5 Å². The summed E-state index contributed by atoms with van der Waals surface area (Å²) >= 11 is 3.77. The predicted molar refractivity (Wildman–Crippen MR) is 115 cm³/mol. The third-order valence-corrected chi connectivity index (χ3v) is 9.14. The van der Waals surface area contributed by atoms with Crippen molar-refractivity contribution in [3.05, 3.63) is 11.1 Å². The Bertz CT molecular complexity index is 926. The zero-order valence-corrected chi connectivity index (χ0v) is 21.9. The minimum absolute atomic E-state index is 0. The summed E-state index contributed by atoms with van der Waals surface area (Å²) in [6.45, 7) is 1.12. The Kier molecular flexibility index (Phi) is 8.39. The predicted octanol–water partition coefficient (Wildman–Crippen LogP) is -4.51. The zero-order valence-electron chi connectivity index (χ0n) is 17.4. The SMILES string of the molecule is CON=C(C(=O)NC1C(=O)N2CC(SC3CCOC3)(C(=O)[O-])CS[C@H]12)c1csc(N)n1.[Na+]. The molecule has 0 aliphatic carbocycles. The van der Waals surface area contributed by atoms with Crippen molar-refractivity contribution in [1.82, 2.24) is 15.2 Å². The van der Waals surface area contributed by atoms with Gasteiger partial charge in [-0.3, -0.25) is 9.59 Å². The van der Waals surface area contributed by atoms with Gasteiger partial charge in [0.2, 0.25) is 5.91 Å². The van der Waals surface area contributed by atoms with E-state index in [1.807, 2.05) is 0 Å². The molecule has 0 bridgehead atoms. The summed E-state index contributed by atoms with van der Waals surface area (Å²) in [5.41, 5.74) is 5.77. The van der Waals surface area contributed by atoms with Crippen LogP contribution >= 0.6 is 34.9 Å². The first-order valence-electron chi connectivity index (χ1n) is 9.37. The number of oxime groups is 1. The summed E-state index contributed by atoms with van der Waals surface area (Å²) < 4.78 is 4.14. The molecular formula is C17H20N5NaO6S3. The van der Waals surface area contributed by atoms with Crippen molar-refractivity contribution in [3.8, 4) is 0 Å². The Labute approximate surface area is 218 Å². The minimum Gasteiger partial charge on any atom is -0.549 e. The van der Waals surface area contributed by atoms with Crippen LogP contribution in [0.25, 0.3) is 0 Å². The van der Waals surface area contributed by atoms with E-state index < -0.39 is 22.7 Å². The summed E-state index contributed by atoms with van der Waals surface area (Å²) in [4.78, 5) is 47.7. The van der Waals surface area contributed by atoms with Crippen LogP contribution in [-0.2, 0) is 24.0 Å². The number of carboxylic acids is 1. The van der Waals surface area contributed by atoms with Crippen LogP contribution < -0.4 is 45.7 Å². The standard InChI is InChI=1S/C17H21N5O6S3.Na/c1-27-21-10(9-5-29-16(18)19-9)12(23)20-11-13(24)22-6-17(15(25)26,7-30-14(11)22)31-8-2-3-28-4-8;/h5,8,11,14H,2-4,6-7H2,1H3,(H2,18,19)(H,20,23)(H,25,26);/q;+1/p-1/t8?,11?,14-,17?;/m1./s1. The molecule has 15 heteroatoms. The van der Waals surface area contributed by atoms with E-state index in [2.05, 4.69) is 15.5 Å². The number of anilines is 1. The summed E-state index contributed by atoms with van der Waals surface area (Å²) in [6, 6.07) is -0.796. The maximum absolute atomic E-state index is 12.7. The van der Waals surface area contributed by atoms with E-state index in [0.717, 1.165) is 17.8 Å². The molecular weight excluding hydrogens is 489 g/mol. The van der Waals surface area contributed by atoms with Gasteiger partial charge in [-0.05, 0) is 6.42 Å². The Morgan fingerprint density at radius 2 is 2.31 bits per heavy atom. The van der Waals surface area contributed by atoms with Gasteiger partial charge in [-0.2, -0.15) is 0 Å². The van der Waals surface area contributed by atoms with Crippen LogP contribution in [-0.4, -0.2) is 87.4 Å². The quantitative estimate of drug-likeness (QED) is 0.159. The number of aromatic nitrogens is 1. The van der Waals surface area contributed by atoms with E-state index >= 15 is 0 Å². The molecule has 1 aromatic heterocycles. The fourth-order valence-electron chi connectivity index (χ4n) is 3.62. The van der Waals surface area contributed by atoms with Crippen LogP contribution in [0.4, 0.5) is 5.13 Å². The number of nitrogens with two attached hydrogens (primary N) is 1. The summed E-state index contributed by atoms with van der Waals surface area (Å²) in [5.74, 6) is -1.90. The Morgan fingerprint density at radius 1 is 1.53 bits per heavy atom. The second kappa shape index (κ2) is 10.5. The monoisotopic (exact) mass is 509 g/mol. The average molecular weight is 510 g/mol. The fraction of sp³-hybridized carbons (Fsp3) is 0.588. The van der Waals surface area contributed by atoms with E-state index in [4.69, 9.17) is 15.3 Å². The van der Waals surface area contributed by atoms with E-state index in [-0.39, 0.29) is 74.9 Å². The Morgan fingerprint density at radius 3 is 2.91 bits per heavy atom. The number of rotatable bonds is 7. The molecule has 168 valence electrons. The van der Waals surface area contributed by atoms with Crippen molar-refractivity contribution in [3.63, 3.8) is 0 Å². The molecule has 11 nitrogen and oxygen atoms in total. The molecule has 0 saturated carbocycles. The molecule has 3 aliphatic rings. The number of nitrogens with one attached hydrogen (secondary N) is 1. The third-order valence-electron chi connectivity index (χ3n) is 5.16. The number of nitrogen functional groups attached to an aromatic ring is 1. The van der Waals surface area contributed by atoms with Crippen LogP contribution in [0.1, 0.15) is 12.1 Å². The van der Waals surface area contributed by atoms with Gasteiger partial charge in [0.15, 0.2) is 10.8 Å². The van der Waals surface area contributed by atoms with Gasteiger partial charge in [0, 0.05) is 29.5 Å². The van der Waals surface area contributed by atoms with E-state index in [0.29, 0.717) is 13.2 Å². The number of amides is 2. The molecule has 0 aromatic carbocycles. The largest absolute Gasteiger partial charge is 1.00 e. The zero-order chi connectivity index (χ0) is 22.2. The first-order valence-corrected chi connectivity index (χ1v) is 12.2. The maximum Gasteiger partial charge on any atom is 1.00 e. The van der Waals surface area contributed by atoms with Crippen LogP contribution in [0.5, 0.6) is 0 Å². The van der Waals surface area contributed by atoms with Gasteiger partial charge < -0.3 is 35.4 Å². The van der Waals surface area contributed by atoms with Crippen LogP contribution in [0, 0.1) is 0 Å². The molecule has 3 N–H and O–H groups in total. The number of thiazole rings is 1. The van der Waals surface area contributed by atoms with Crippen molar-refractivity contribution in [1.29, 1.82) is 0 Å². The minimum atomic E-state index is -1.20. The number of aliphatic carboxylic acids is 1. The van der Waals surface area contributed by atoms with Crippen LogP contribution in [0.3, 0.4) is 0 Å². The first kappa shape index (κ1) is 25.6. The number of hydrogen-bond donors (Lipinski definition) is 2. The summed E-state index contributed by atoms with van der Waals surface area (Å²) in [6.07, 6.45) is 0.767. The third kappa shape index (κ3) is 4.91. The number of carbonyl (C=O) groups is 3. The molecule has 3 aliphatic heterocycles. The second-order valence-corrected chi connectivity index (χ2v) is 10.9. The van der Waals surface area contributed by atoms with Crippen molar-refractivity contribution < 1.29 is 58.6 Å². The molecule has 32 heavy (non-hydrogen) atoms. The number of nitrogens with zero attached hydrogens (tertiary/aromatic N) is 3. The fourth-order valence-corrected chi connectivity index (χ4v) is 7.36. The van der Waals surface area contributed by atoms with Gasteiger partial charge in [-0.1, -0.05) is 5.16 Å².